The average Bonchev–Trinajstić information content (AvgIpc) is 2.39. The summed E-state index contributed by atoms with van der Waals surface area (Å²) < 4.78 is 5.46. The molecule has 4 heteroatoms. The molecule has 0 aromatic heterocycles. The Kier molecular flexibility index (Phi) is 3.96. The first-order chi connectivity index (χ1) is 8.69. The van der Waals surface area contributed by atoms with Crippen molar-refractivity contribution in [1.82, 2.24) is 4.90 Å². The molecule has 1 atom stereocenters. The lowest BCUT2D eigenvalue weighted by Crippen LogP contribution is -2.38. The summed E-state index contributed by atoms with van der Waals surface area (Å²) in [7, 11) is 2.03. The van der Waals surface area contributed by atoms with E-state index < -0.39 is 0 Å². The van der Waals surface area contributed by atoms with Crippen molar-refractivity contribution >= 4 is 5.97 Å². The number of rotatable bonds is 2. The molecule has 18 heavy (non-hydrogen) atoms. The number of esters is 1. The van der Waals surface area contributed by atoms with Gasteiger partial charge in [0.15, 0.2) is 0 Å². The van der Waals surface area contributed by atoms with Gasteiger partial charge in [0, 0.05) is 6.54 Å². The van der Waals surface area contributed by atoms with Gasteiger partial charge in [-0.15, -0.1) is 0 Å². The molecule has 94 valence electrons. The van der Waals surface area contributed by atoms with Gasteiger partial charge in [0.05, 0.1) is 17.2 Å². The Labute approximate surface area is 107 Å². The molecule has 1 fully saturated rings. The lowest BCUT2D eigenvalue weighted by atomic mass is 10.1. The van der Waals surface area contributed by atoms with Crippen molar-refractivity contribution in [2.75, 3.05) is 20.1 Å². The second kappa shape index (κ2) is 5.65. The molecule has 1 saturated heterocycles. The quantitative estimate of drug-likeness (QED) is 0.744. The van der Waals surface area contributed by atoms with Gasteiger partial charge in [0.25, 0.3) is 0 Å². The number of hydrogen-bond acceptors (Lipinski definition) is 4. The highest BCUT2D eigenvalue weighted by molar-refractivity contribution is 5.89. The predicted molar refractivity (Wildman–Crippen MR) is 67.1 cm³/mol. The minimum absolute atomic E-state index is 0.0214. The minimum atomic E-state index is -0.306. The van der Waals surface area contributed by atoms with E-state index in [2.05, 4.69) is 4.90 Å². The van der Waals surface area contributed by atoms with Gasteiger partial charge in [-0.1, -0.05) is 0 Å². The van der Waals surface area contributed by atoms with E-state index in [4.69, 9.17) is 10.00 Å². The van der Waals surface area contributed by atoms with Gasteiger partial charge in [-0.3, -0.25) is 0 Å². The van der Waals surface area contributed by atoms with E-state index in [1.165, 1.54) is 0 Å². The highest BCUT2D eigenvalue weighted by atomic mass is 16.5. The van der Waals surface area contributed by atoms with Gasteiger partial charge in [0.2, 0.25) is 0 Å². The first-order valence-electron chi connectivity index (χ1n) is 6.09. The van der Waals surface area contributed by atoms with Crippen LogP contribution in [0.15, 0.2) is 24.3 Å². The summed E-state index contributed by atoms with van der Waals surface area (Å²) in [5.41, 5.74) is 1.05. The Hall–Kier alpha value is -1.86. The van der Waals surface area contributed by atoms with Gasteiger partial charge in [-0.05, 0) is 50.7 Å². The van der Waals surface area contributed by atoms with Crippen molar-refractivity contribution in [3.63, 3.8) is 0 Å². The fourth-order valence-electron chi connectivity index (χ4n) is 2.12. The van der Waals surface area contributed by atoms with Crippen LogP contribution in [0.4, 0.5) is 0 Å². The summed E-state index contributed by atoms with van der Waals surface area (Å²) in [5, 5.41) is 8.69. The van der Waals surface area contributed by atoms with Crippen molar-refractivity contribution in [3.05, 3.63) is 35.4 Å². The number of carbonyl (C=O) groups excluding carboxylic acids is 1. The maximum atomic E-state index is 11.9. The van der Waals surface area contributed by atoms with Gasteiger partial charge in [-0.2, -0.15) is 5.26 Å². The van der Waals surface area contributed by atoms with Crippen molar-refractivity contribution in [1.29, 1.82) is 5.26 Å². The van der Waals surface area contributed by atoms with Gasteiger partial charge < -0.3 is 9.64 Å². The summed E-state index contributed by atoms with van der Waals surface area (Å²) in [6.45, 7) is 1.85. The van der Waals surface area contributed by atoms with Crippen molar-refractivity contribution in [2.45, 2.75) is 18.9 Å². The molecule has 1 aromatic rings. The molecule has 0 amide bonds. The fourth-order valence-corrected chi connectivity index (χ4v) is 2.12. The third-order valence-corrected chi connectivity index (χ3v) is 3.10. The zero-order chi connectivity index (χ0) is 13.0. The van der Waals surface area contributed by atoms with E-state index >= 15 is 0 Å². The Bertz CT molecular complexity index is 462. The molecule has 4 nitrogen and oxygen atoms in total. The van der Waals surface area contributed by atoms with Crippen LogP contribution in [-0.4, -0.2) is 37.1 Å². The summed E-state index contributed by atoms with van der Waals surface area (Å²) in [5.74, 6) is -0.306. The average molecular weight is 244 g/mol. The number of carbonyl (C=O) groups is 1. The number of ether oxygens (including phenoxy) is 1. The SMILES string of the molecule is CN1CCC[C@H](OC(=O)c2ccc(C#N)cc2)C1. The van der Waals surface area contributed by atoms with E-state index in [0.29, 0.717) is 11.1 Å². The zero-order valence-electron chi connectivity index (χ0n) is 10.4. The topological polar surface area (TPSA) is 53.3 Å². The van der Waals surface area contributed by atoms with Crippen molar-refractivity contribution in [2.24, 2.45) is 0 Å². The first kappa shape index (κ1) is 12.6. The minimum Gasteiger partial charge on any atom is -0.457 e. The zero-order valence-corrected chi connectivity index (χ0v) is 10.4. The lowest BCUT2D eigenvalue weighted by molar-refractivity contribution is 0.0108. The summed E-state index contributed by atoms with van der Waals surface area (Å²) >= 11 is 0. The van der Waals surface area contributed by atoms with Crippen LogP contribution in [0.2, 0.25) is 0 Å². The number of likely N-dealkylation sites (tertiary alicyclic amines) is 1. The van der Waals surface area contributed by atoms with Gasteiger partial charge in [0.1, 0.15) is 6.10 Å². The third-order valence-electron chi connectivity index (χ3n) is 3.10. The number of nitriles is 1. The van der Waals surface area contributed by atoms with Gasteiger partial charge in [-0.25, -0.2) is 4.79 Å². The third kappa shape index (κ3) is 3.08. The Morgan fingerprint density at radius 1 is 1.44 bits per heavy atom. The molecule has 0 radical (unpaired) electrons. The van der Waals surface area contributed by atoms with E-state index in [0.717, 1.165) is 25.9 Å². The van der Waals surface area contributed by atoms with Crippen LogP contribution < -0.4 is 0 Å². The molecule has 1 aliphatic heterocycles. The van der Waals surface area contributed by atoms with Crippen molar-refractivity contribution < 1.29 is 9.53 Å². The highest BCUT2D eigenvalue weighted by Crippen LogP contribution is 2.14. The molecule has 0 bridgehead atoms. The van der Waals surface area contributed by atoms with E-state index in [9.17, 15) is 4.79 Å². The first-order valence-corrected chi connectivity index (χ1v) is 6.09. The van der Waals surface area contributed by atoms with Crippen LogP contribution in [0, 0.1) is 11.3 Å². The second-order valence-electron chi connectivity index (χ2n) is 4.62. The highest BCUT2D eigenvalue weighted by Gasteiger charge is 2.21. The summed E-state index contributed by atoms with van der Waals surface area (Å²) in [6, 6.07) is 8.54. The molecule has 0 aliphatic carbocycles. The molecule has 1 aliphatic rings. The smallest absolute Gasteiger partial charge is 0.338 e. The molecule has 2 rings (SSSR count). The molecular formula is C14H16N2O2. The Balaban J connectivity index is 1.96. The fraction of sp³-hybridized carbons (Fsp3) is 0.429. The number of piperidine rings is 1. The molecule has 0 unspecified atom stereocenters. The largest absolute Gasteiger partial charge is 0.457 e. The van der Waals surface area contributed by atoms with E-state index in [1.807, 2.05) is 13.1 Å². The maximum Gasteiger partial charge on any atom is 0.338 e. The Morgan fingerprint density at radius 2 is 2.17 bits per heavy atom. The maximum absolute atomic E-state index is 11.9. The van der Waals surface area contributed by atoms with Crippen LogP contribution in [0.1, 0.15) is 28.8 Å². The number of benzene rings is 1. The number of nitrogens with zero attached hydrogens (tertiary/aromatic N) is 2. The predicted octanol–water partition coefficient (Wildman–Crippen LogP) is 1.81. The van der Waals surface area contributed by atoms with Crippen LogP contribution in [0.3, 0.4) is 0 Å². The van der Waals surface area contributed by atoms with Crippen LogP contribution in [-0.2, 0) is 4.74 Å². The van der Waals surface area contributed by atoms with E-state index in [-0.39, 0.29) is 12.1 Å². The number of likely N-dealkylation sites (N-methyl/N-ethyl adjacent to an activating group) is 1. The molecule has 0 saturated carbocycles. The summed E-state index contributed by atoms with van der Waals surface area (Å²) in [6.07, 6.45) is 1.96. The standard InChI is InChI=1S/C14H16N2O2/c1-16-8-2-3-13(10-16)18-14(17)12-6-4-11(9-15)5-7-12/h4-7,13H,2-3,8,10H2,1H3/t13-/m0/s1. The molecule has 1 aromatic carbocycles. The lowest BCUT2D eigenvalue weighted by Gasteiger charge is -2.29. The summed E-state index contributed by atoms with van der Waals surface area (Å²) in [4.78, 5) is 14.1. The molecule has 1 heterocycles. The normalized spacial score (nSPS) is 20.1. The van der Waals surface area contributed by atoms with Gasteiger partial charge >= 0.3 is 5.97 Å². The molecular weight excluding hydrogens is 228 g/mol. The Morgan fingerprint density at radius 3 is 2.78 bits per heavy atom. The monoisotopic (exact) mass is 244 g/mol. The van der Waals surface area contributed by atoms with E-state index in [1.54, 1.807) is 24.3 Å². The second-order valence-corrected chi connectivity index (χ2v) is 4.62. The van der Waals surface area contributed by atoms with Crippen molar-refractivity contribution in [3.8, 4) is 6.07 Å². The molecule has 0 N–H and O–H groups in total. The van der Waals surface area contributed by atoms with Crippen LogP contribution in [0.5, 0.6) is 0 Å². The van der Waals surface area contributed by atoms with Crippen LogP contribution >= 0.6 is 0 Å². The van der Waals surface area contributed by atoms with Crippen LogP contribution in [0.25, 0.3) is 0 Å². The molecule has 0 spiro atoms. The number of hydrogen-bond donors (Lipinski definition) is 0.